The molecule has 2 amide bonds. The zero-order valence-corrected chi connectivity index (χ0v) is 13.4. The number of halogens is 1. The van der Waals surface area contributed by atoms with Crippen LogP contribution in [0.2, 0.25) is 5.02 Å². The van der Waals surface area contributed by atoms with Crippen LogP contribution in [-0.2, 0) is 9.59 Å². The molecular formula is C15H21ClN4O2. The van der Waals surface area contributed by atoms with Crippen LogP contribution in [0.3, 0.4) is 0 Å². The minimum Gasteiger partial charge on any atom is -0.368 e. The second-order valence-electron chi connectivity index (χ2n) is 5.15. The van der Waals surface area contributed by atoms with Crippen LogP contribution in [0.1, 0.15) is 0 Å². The third-order valence-electron chi connectivity index (χ3n) is 3.58. The van der Waals surface area contributed by atoms with E-state index in [1.165, 1.54) is 0 Å². The van der Waals surface area contributed by atoms with E-state index in [-0.39, 0.29) is 24.9 Å². The number of carbonyl (C=O) groups excluding carboxylic acids is 2. The van der Waals surface area contributed by atoms with Gasteiger partial charge in [-0.2, -0.15) is 0 Å². The summed E-state index contributed by atoms with van der Waals surface area (Å²) in [5.74, 6) is -0.219. The maximum absolute atomic E-state index is 12.1. The molecular weight excluding hydrogens is 304 g/mol. The molecule has 1 aromatic rings. The molecule has 0 atom stereocenters. The predicted octanol–water partition coefficient (Wildman–Crippen LogP) is 0.324. The monoisotopic (exact) mass is 324 g/mol. The number of nitrogens with one attached hydrogen (secondary N) is 2. The third kappa shape index (κ3) is 4.61. The van der Waals surface area contributed by atoms with Crippen molar-refractivity contribution in [2.24, 2.45) is 0 Å². The maximum Gasteiger partial charge on any atom is 0.242 e. The second-order valence-corrected chi connectivity index (χ2v) is 5.59. The van der Waals surface area contributed by atoms with Crippen molar-refractivity contribution in [2.75, 3.05) is 51.2 Å². The summed E-state index contributed by atoms with van der Waals surface area (Å²) >= 11 is 6.00. The molecule has 0 spiro atoms. The van der Waals surface area contributed by atoms with Gasteiger partial charge in [-0.25, -0.2) is 0 Å². The van der Waals surface area contributed by atoms with Crippen molar-refractivity contribution in [3.8, 4) is 0 Å². The summed E-state index contributed by atoms with van der Waals surface area (Å²) in [7, 11) is 1.69. The van der Waals surface area contributed by atoms with Crippen LogP contribution >= 0.6 is 11.6 Å². The molecule has 2 N–H and O–H groups in total. The van der Waals surface area contributed by atoms with Crippen molar-refractivity contribution in [2.45, 2.75) is 0 Å². The summed E-state index contributed by atoms with van der Waals surface area (Å²) in [6, 6.07) is 7.71. The topological polar surface area (TPSA) is 64.7 Å². The fourth-order valence-corrected chi connectivity index (χ4v) is 2.58. The van der Waals surface area contributed by atoms with E-state index in [4.69, 9.17) is 11.6 Å². The quantitative estimate of drug-likeness (QED) is 0.819. The fourth-order valence-electron chi connectivity index (χ4n) is 2.40. The lowest BCUT2D eigenvalue weighted by molar-refractivity contribution is -0.132. The Morgan fingerprint density at radius 2 is 1.91 bits per heavy atom. The largest absolute Gasteiger partial charge is 0.368 e. The number of benzene rings is 1. The molecule has 0 aliphatic carbocycles. The Morgan fingerprint density at radius 3 is 2.55 bits per heavy atom. The van der Waals surface area contributed by atoms with Gasteiger partial charge in [0.25, 0.3) is 0 Å². The number of likely N-dealkylation sites (N-methyl/N-ethyl adjacent to an activating group) is 1. The first kappa shape index (κ1) is 16.6. The van der Waals surface area contributed by atoms with E-state index in [1.54, 1.807) is 11.9 Å². The van der Waals surface area contributed by atoms with E-state index in [1.807, 2.05) is 24.3 Å². The molecule has 0 saturated carbocycles. The zero-order chi connectivity index (χ0) is 15.9. The lowest BCUT2D eigenvalue weighted by Gasteiger charge is -2.36. The summed E-state index contributed by atoms with van der Waals surface area (Å²) in [6.45, 7) is 3.08. The second kappa shape index (κ2) is 8.00. The summed E-state index contributed by atoms with van der Waals surface area (Å²) in [6.07, 6.45) is 0. The Labute approximate surface area is 135 Å². The van der Waals surface area contributed by atoms with E-state index in [0.29, 0.717) is 18.1 Å². The highest BCUT2D eigenvalue weighted by Crippen LogP contribution is 2.20. The zero-order valence-electron chi connectivity index (χ0n) is 12.6. The Balaban J connectivity index is 1.79. The maximum atomic E-state index is 12.1. The molecule has 0 radical (unpaired) electrons. The lowest BCUT2D eigenvalue weighted by atomic mass is 10.2. The van der Waals surface area contributed by atoms with Gasteiger partial charge in [0.1, 0.15) is 0 Å². The minimum atomic E-state index is -0.173. The normalized spacial score (nSPS) is 14.8. The van der Waals surface area contributed by atoms with Crippen molar-refractivity contribution in [3.63, 3.8) is 0 Å². The van der Waals surface area contributed by atoms with Gasteiger partial charge in [0, 0.05) is 36.9 Å². The van der Waals surface area contributed by atoms with Gasteiger partial charge < -0.3 is 20.4 Å². The molecule has 0 unspecified atom stereocenters. The van der Waals surface area contributed by atoms with Crippen molar-refractivity contribution in [1.29, 1.82) is 0 Å². The molecule has 2 rings (SSSR count). The number of amides is 2. The molecule has 1 fully saturated rings. The first-order chi connectivity index (χ1) is 10.6. The van der Waals surface area contributed by atoms with Gasteiger partial charge in [-0.15, -0.1) is 0 Å². The van der Waals surface area contributed by atoms with Crippen LogP contribution in [0.15, 0.2) is 24.3 Å². The van der Waals surface area contributed by atoms with Gasteiger partial charge in [0.05, 0.1) is 13.1 Å². The van der Waals surface area contributed by atoms with Crippen LogP contribution in [-0.4, -0.2) is 63.0 Å². The first-order valence-corrected chi connectivity index (χ1v) is 7.67. The average molecular weight is 325 g/mol. The van der Waals surface area contributed by atoms with E-state index < -0.39 is 0 Å². The summed E-state index contributed by atoms with van der Waals surface area (Å²) in [4.78, 5) is 27.4. The van der Waals surface area contributed by atoms with Crippen LogP contribution in [0.5, 0.6) is 0 Å². The molecule has 1 saturated heterocycles. The highest BCUT2D eigenvalue weighted by molar-refractivity contribution is 6.30. The van der Waals surface area contributed by atoms with E-state index in [2.05, 4.69) is 15.5 Å². The van der Waals surface area contributed by atoms with Gasteiger partial charge in [0.15, 0.2) is 0 Å². The van der Waals surface area contributed by atoms with Gasteiger partial charge in [-0.1, -0.05) is 17.7 Å². The molecule has 1 aliphatic heterocycles. The molecule has 1 aliphatic rings. The van der Waals surface area contributed by atoms with Crippen LogP contribution < -0.4 is 15.5 Å². The molecule has 120 valence electrons. The molecule has 6 nitrogen and oxygen atoms in total. The van der Waals surface area contributed by atoms with Crippen molar-refractivity contribution >= 4 is 29.1 Å². The molecule has 1 heterocycles. The van der Waals surface area contributed by atoms with Crippen LogP contribution in [0, 0.1) is 0 Å². The number of carbonyl (C=O) groups is 2. The molecule has 22 heavy (non-hydrogen) atoms. The molecule has 7 heteroatoms. The van der Waals surface area contributed by atoms with Crippen LogP contribution in [0.25, 0.3) is 0 Å². The number of nitrogens with zero attached hydrogens (tertiary/aromatic N) is 2. The fraction of sp³-hybridized carbons (Fsp3) is 0.467. The minimum absolute atomic E-state index is 0.0461. The average Bonchev–Trinajstić information content (AvgIpc) is 2.53. The highest BCUT2D eigenvalue weighted by Gasteiger charge is 2.21. The number of rotatable bonds is 5. The number of anilines is 1. The van der Waals surface area contributed by atoms with E-state index >= 15 is 0 Å². The van der Waals surface area contributed by atoms with Gasteiger partial charge >= 0.3 is 0 Å². The summed E-state index contributed by atoms with van der Waals surface area (Å²) in [5, 5.41) is 6.06. The van der Waals surface area contributed by atoms with Gasteiger partial charge in [0.2, 0.25) is 11.8 Å². The summed E-state index contributed by atoms with van der Waals surface area (Å²) in [5.41, 5.74) is 1.07. The number of hydrogen-bond acceptors (Lipinski definition) is 4. The Kier molecular flexibility index (Phi) is 6.03. The standard InChI is InChI=1S/C15H21ClN4O2/c1-17-10-14(21)18-11-15(22)20-7-5-19(6-8-20)13-4-2-3-12(16)9-13/h2-4,9,17H,5-8,10-11H2,1H3,(H,18,21). The van der Waals surface area contributed by atoms with Gasteiger partial charge in [-0.05, 0) is 25.2 Å². The third-order valence-corrected chi connectivity index (χ3v) is 3.81. The summed E-state index contributed by atoms with van der Waals surface area (Å²) < 4.78 is 0. The van der Waals surface area contributed by atoms with E-state index in [0.717, 1.165) is 18.8 Å². The Bertz CT molecular complexity index is 530. The number of piperazine rings is 1. The smallest absolute Gasteiger partial charge is 0.242 e. The first-order valence-electron chi connectivity index (χ1n) is 7.29. The lowest BCUT2D eigenvalue weighted by Crippen LogP contribution is -2.51. The Morgan fingerprint density at radius 1 is 1.18 bits per heavy atom. The van der Waals surface area contributed by atoms with Crippen molar-refractivity contribution in [1.82, 2.24) is 15.5 Å². The van der Waals surface area contributed by atoms with Gasteiger partial charge in [-0.3, -0.25) is 9.59 Å². The van der Waals surface area contributed by atoms with Crippen molar-refractivity contribution < 1.29 is 9.59 Å². The molecule has 0 bridgehead atoms. The molecule has 0 aromatic heterocycles. The SMILES string of the molecule is CNCC(=O)NCC(=O)N1CCN(c2cccc(Cl)c2)CC1. The highest BCUT2D eigenvalue weighted by atomic mass is 35.5. The Hall–Kier alpha value is -1.79. The van der Waals surface area contributed by atoms with Crippen molar-refractivity contribution in [3.05, 3.63) is 29.3 Å². The predicted molar refractivity (Wildman–Crippen MR) is 87.2 cm³/mol. The number of hydrogen-bond donors (Lipinski definition) is 2. The van der Waals surface area contributed by atoms with E-state index in [9.17, 15) is 9.59 Å². The van der Waals surface area contributed by atoms with Crippen LogP contribution in [0.4, 0.5) is 5.69 Å². The molecule has 1 aromatic carbocycles.